The Morgan fingerprint density at radius 1 is 1.30 bits per heavy atom. The zero-order valence-electron chi connectivity index (χ0n) is 11.6. The molecular weight excluding hydrogens is 278 g/mol. The number of phenols is 1. The summed E-state index contributed by atoms with van der Waals surface area (Å²) in [7, 11) is -3.72. The summed E-state index contributed by atoms with van der Waals surface area (Å²) in [6.45, 7) is 5.99. The van der Waals surface area contributed by atoms with Gasteiger partial charge in [0.15, 0.2) is 5.03 Å². The number of aromatic hydroxyl groups is 1. The summed E-state index contributed by atoms with van der Waals surface area (Å²) in [5.41, 5.74) is 1.69. The van der Waals surface area contributed by atoms with E-state index in [0.29, 0.717) is 23.4 Å². The first kappa shape index (κ1) is 14.4. The summed E-state index contributed by atoms with van der Waals surface area (Å²) < 4.78 is 28.6. The van der Waals surface area contributed by atoms with Gasteiger partial charge in [-0.15, -0.1) is 0 Å². The van der Waals surface area contributed by atoms with Crippen molar-refractivity contribution < 1.29 is 13.5 Å². The van der Waals surface area contributed by atoms with Crippen molar-refractivity contribution in [3.63, 3.8) is 0 Å². The molecule has 2 N–H and O–H groups in total. The lowest BCUT2D eigenvalue weighted by molar-refractivity contribution is 0.471. The number of nitrogens with one attached hydrogen (secondary N) is 1. The van der Waals surface area contributed by atoms with E-state index >= 15 is 0 Å². The summed E-state index contributed by atoms with van der Waals surface area (Å²) in [5, 5.41) is 9.56. The number of nitrogens with zero attached hydrogens (tertiary/aromatic N) is 2. The van der Waals surface area contributed by atoms with Crippen molar-refractivity contribution in [1.82, 2.24) is 9.55 Å². The molecule has 1 aromatic carbocycles. The van der Waals surface area contributed by atoms with Gasteiger partial charge in [0.1, 0.15) is 5.75 Å². The first-order valence-corrected chi connectivity index (χ1v) is 7.66. The maximum atomic E-state index is 12.2. The van der Waals surface area contributed by atoms with E-state index in [1.54, 1.807) is 24.5 Å². The predicted octanol–water partition coefficient (Wildman–Crippen LogP) is 2.03. The smallest absolute Gasteiger partial charge is 0.280 e. The van der Waals surface area contributed by atoms with Crippen LogP contribution in [0.25, 0.3) is 0 Å². The lowest BCUT2D eigenvalue weighted by Crippen LogP contribution is -2.14. The van der Waals surface area contributed by atoms with Gasteiger partial charge in [-0.05, 0) is 44.0 Å². The van der Waals surface area contributed by atoms with Gasteiger partial charge in [0.05, 0.1) is 12.0 Å². The number of sulfonamides is 1. The Morgan fingerprint density at radius 3 is 2.60 bits per heavy atom. The van der Waals surface area contributed by atoms with Gasteiger partial charge in [0.25, 0.3) is 10.0 Å². The van der Waals surface area contributed by atoms with Crippen LogP contribution in [0.2, 0.25) is 0 Å². The SMILES string of the molecule is CCn1cnc(S(=O)(=O)Nc2cc(C)c(O)cc2C)c1. The molecular formula is C13H17N3O3S. The van der Waals surface area contributed by atoms with E-state index in [1.807, 2.05) is 6.92 Å². The minimum Gasteiger partial charge on any atom is -0.508 e. The molecule has 0 aliphatic rings. The molecule has 1 aromatic heterocycles. The lowest BCUT2D eigenvalue weighted by atomic mass is 10.1. The van der Waals surface area contributed by atoms with Crippen LogP contribution in [0.4, 0.5) is 5.69 Å². The average Bonchev–Trinajstić information content (AvgIpc) is 2.85. The van der Waals surface area contributed by atoms with E-state index in [-0.39, 0.29) is 10.8 Å². The van der Waals surface area contributed by atoms with Gasteiger partial charge < -0.3 is 9.67 Å². The Kier molecular flexibility index (Phi) is 3.71. The van der Waals surface area contributed by atoms with Crippen LogP contribution in [0.3, 0.4) is 0 Å². The molecule has 2 aromatic rings. The summed E-state index contributed by atoms with van der Waals surface area (Å²) in [5.74, 6) is 0.140. The van der Waals surface area contributed by atoms with Crippen LogP contribution in [0.1, 0.15) is 18.1 Å². The Morgan fingerprint density at radius 2 is 2.00 bits per heavy atom. The first-order valence-electron chi connectivity index (χ1n) is 6.18. The van der Waals surface area contributed by atoms with E-state index in [0.717, 1.165) is 0 Å². The Labute approximate surface area is 118 Å². The molecule has 0 fully saturated rings. The number of benzene rings is 1. The second-order valence-corrected chi connectivity index (χ2v) is 6.23. The molecule has 2 rings (SSSR count). The molecule has 0 aliphatic heterocycles. The van der Waals surface area contributed by atoms with Gasteiger partial charge in [-0.3, -0.25) is 4.72 Å². The highest BCUT2D eigenvalue weighted by Gasteiger charge is 2.18. The molecule has 0 radical (unpaired) electrons. The van der Waals surface area contributed by atoms with Crippen LogP contribution in [-0.4, -0.2) is 23.1 Å². The van der Waals surface area contributed by atoms with Crippen molar-refractivity contribution in [2.75, 3.05) is 4.72 Å². The van der Waals surface area contributed by atoms with Crippen molar-refractivity contribution in [2.24, 2.45) is 0 Å². The standard InChI is InChI=1S/C13H17N3O3S/c1-4-16-7-13(14-8-16)20(18,19)15-11-5-10(3)12(17)6-9(11)2/h5-8,15,17H,4H2,1-3H3. The van der Waals surface area contributed by atoms with Crippen molar-refractivity contribution in [3.05, 3.63) is 35.8 Å². The van der Waals surface area contributed by atoms with Gasteiger partial charge in [0.2, 0.25) is 0 Å². The number of hydrogen-bond acceptors (Lipinski definition) is 4. The largest absolute Gasteiger partial charge is 0.508 e. The second-order valence-electron chi connectivity index (χ2n) is 4.60. The molecule has 0 saturated carbocycles. The number of imidazole rings is 1. The molecule has 1 heterocycles. The third-order valence-electron chi connectivity index (χ3n) is 3.04. The fraction of sp³-hybridized carbons (Fsp3) is 0.308. The van der Waals surface area contributed by atoms with E-state index in [9.17, 15) is 13.5 Å². The Balaban J connectivity index is 2.35. The number of aryl methyl sites for hydroxylation is 3. The fourth-order valence-electron chi connectivity index (χ4n) is 1.76. The van der Waals surface area contributed by atoms with Gasteiger partial charge >= 0.3 is 0 Å². The molecule has 20 heavy (non-hydrogen) atoms. The van der Waals surface area contributed by atoms with Crippen molar-refractivity contribution >= 4 is 15.7 Å². The van der Waals surface area contributed by atoms with Crippen LogP contribution in [0.15, 0.2) is 29.7 Å². The lowest BCUT2D eigenvalue weighted by Gasteiger charge is -2.11. The predicted molar refractivity (Wildman–Crippen MR) is 76.3 cm³/mol. The number of rotatable bonds is 4. The van der Waals surface area contributed by atoms with Crippen LogP contribution < -0.4 is 4.72 Å². The highest BCUT2D eigenvalue weighted by molar-refractivity contribution is 7.92. The Bertz CT molecular complexity index is 735. The van der Waals surface area contributed by atoms with Crippen LogP contribution in [0, 0.1) is 13.8 Å². The highest BCUT2D eigenvalue weighted by Crippen LogP contribution is 2.26. The third-order valence-corrected chi connectivity index (χ3v) is 4.29. The normalized spacial score (nSPS) is 11.6. The first-order chi connectivity index (χ1) is 9.33. The second kappa shape index (κ2) is 5.16. The van der Waals surface area contributed by atoms with Gasteiger partial charge in [-0.25, -0.2) is 4.98 Å². The summed E-state index contributed by atoms with van der Waals surface area (Å²) in [6.07, 6.45) is 2.95. The molecule has 0 aliphatic carbocycles. The topological polar surface area (TPSA) is 84.2 Å². The molecule has 6 nitrogen and oxygen atoms in total. The van der Waals surface area contributed by atoms with Gasteiger partial charge in [-0.1, -0.05) is 0 Å². The minimum absolute atomic E-state index is 0.0236. The quantitative estimate of drug-likeness (QED) is 0.845. The number of anilines is 1. The summed E-state index contributed by atoms with van der Waals surface area (Å²) >= 11 is 0. The molecule has 0 amide bonds. The van der Waals surface area contributed by atoms with E-state index < -0.39 is 10.0 Å². The third kappa shape index (κ3) is 2.77. The molecule has 0 atom stereocenters. The zero-order chi connectivity index (χ0) is 14.9. The highest BCUT2D eigenvalue weighted by atomic mass is 32.2. The number of phenolic OH excluding ortho intramolecular Hbond substituents is 1. The number of hydrogen-bond donors (Lipinski definition) is 2. The molecule has 7 heteroatoms. The summed E-state index contributed by atoms with van der Waals surface area (Å²) in [6, 6.07) is 3.12. The number of aromatic nitrogens is 2. The van der Waals surface area contributed by atoms with Gasteiger partial charge in [0, 0.05) is 12.7 Å². The summed E-state index contributed by atoms with van der Waals surface area (Å²) in [4.78, 5) is 3.89. The molecule has 0 spiro atoms. The average molecular weight is 295 g/mol. The molecule has 108 valence electrons. The van der Waals surface area contributed by atoms with Crippen molar-refractivity contribution in [3.8, 4) is 5.75 Å². The Hall–Kier alpha value is -2.02. The zero-order valence-corrected chi connectivity index (χ0v) is 12.4. The van der Waals surface area contributed by atoms with Crippen molar-refractivity contribution in [1.29, 1.82) is 0 Å². The maximum Gasteiger partial charge on any atom is 0.280 e. The monoisotopic (exact) mass is 295 g/mol. The maximum absolute atomic E-state index is 12.2. The van der Waals surface area contributed by atoms with Crippen molar-refractivity contribution in [2.45, 2.75) is 32.3 Å². The van der Waals surface area contributed by atoms with E-state index in [4.69, 9.17) is 0 Å². The van der Waals surface area contributed by atoms with Crippen LogP contribution in [-0.2, 0) is 16.6 Å². The van der Waals surface area contributed by atoms with Gasteiger partial charge in [-0.2, -0.15) is 8.42 Å². The van der Waals surface area contributed by atoms with E-state index in [1.165, 1.54) is 18.6 Å². The van der Waals surface area contributed by atoms with Crippen LogP contribution in [0.5, 0.6) is 5.75 Å². The van der Waals surface area contributed by atoms with E-state index in [2.05, 4.69) is 9.71 Å². The minimum atomic E-state index is -3.72. The fourth-order valence-corrected chi connectivity index (χ4v) is 2.83. The molecule has 0 unspecified atom stereocenters. The van der Waals surface area contributed by atoms with Crippen LogP contribution >= 0.6 is 0 Å². The molecule has 0 bridgehead atoms. The molecule has 0 saturated heterocycles.